The minimum Gasteiger partial charge on any atom is -0.494 e. The predicted octanol–water partition coefficient (Wildman–Crippen LogP) is 9.39. The summed E-state index contributed by atoms with van der Waals surface area (Å²) in [5, 5.41) is 18.4. The lowest BCUT2D eigenvalue weighted by Gasteiger charge is -2.12. The van der Waals surface area contributed by atoms with Crippen molar-refractivity contribution in [3.8, 4) is 57.4 Å². The number of aliphatic hydroxyl groups excluding tert-OH is 1. The van der Waals surface area contributed by atoms with Crippen molar-refractivity contribution >= 4 is 11.9 Å². The van der Waals surface area contributed by atoms with Crippen LogP contribution in [0.15, 0.2) is 91.0 Å². The van der Waals surface area contributed by atoms with Crippen LogP contribution in [0.2, 0.25) is 0 Å². The van der Waals surface area contributed by atoms with Crippen LogP contribution in [0.1, 0.15) is 91.0 Å². The van der Waals surface area contributed by atoms with Gasteiger partial charge in [-0.05, 0) is 127 Å². The molecule has 4 aromatic rings. The molecule has 252 valence electrons. The second-order valence-corrected chi connectivity index (χ2v) is 11.7. The molecule has 6 nitrogen and oxygen atoms in total. The van der Waals surface area contributed by atoms with Crippen LogP contribution in [0.3, 0.4) is 0 Å². The van der Waals surface area contributed by atoms with Gasteiger partial charge in [-0.1, -0.05) is 74.1 Å². The molecule has 49 heavy (non-hydrogen) atoms. The second kappa shape index (κ2) is 20.2. The summed E-state index contributed by atoms with van der Waals surface area (Å²) in [4.78, 5) is 24.6. The van der Waals surface area contributed by atoms with Gasteiger partial charge in [-0.3, -0.25) is 0 Å². The first kappa shape index (κ1) is 36.5. The van der Waals surface area contributed by atoms with Crippen LogP contribution >= 0.6 is 0 Å². The summed E-state index contributed by atoms with van der Waals surface area (Å²) in [5.74, 6) is 11.7. The van der Waals surface area contributed by atoms with Gasteiger partial charge in [0.05, 0.1) is 17.7 Å². The first-order chi connectivity index (χ1) is 24.0. The molecule has 0 heterocycles. The molecular formula is C43H44O6. The van der Waals surface area contributed by atoms with Crippen LogP contribution in [0.25, 0.3) is 22.3 Å². The smallest absolute Gasteiger partial charge is 0.343 e. The van der Waals surface area contributed by atoms with E-state index in [4.69, 9.17) is 14.6 Å². The highest BCUT2D eigenvalue weighted by Gasteiger charge is 2.13. The summed E-state index contributed by atoms with van der Waals surface area (Å²) in [6.45, 7) is 3.08. The summed E-state index contributed by atoms with van der Waals surface area (Å²) in [7, 11) is 0. The van der Waals surface area contributed by atoms with Crippen molar-refractivity contribution in [3.63, 3.8) is 0 Å². The zero-order valence-electron chi connectivity index (χ0n) is 28.2. The topological polar surface area (TPSA) is 93.1 Å². The normalized spacial score (nSPS) is 10.3. The van der Waals surface area contributed by atoms with Gasteiger partial charge in [0, 0.05) is 19.4 Å². The fraction of sp³-hybridized carbons (Fsp3) is 0.302. The fourth-order valence-corrected chi connectivity index (χ4v) is 5.24. The van der Waals surface area contributed by atoms with Crippen LogP contribution in [-0.4, -0.2) is 35.4 Å². The summed E-state index contributed by atoms with van der Waals surface area (Å²) in [5.41, 5.74) is 5.51. The molecule has 4 aromatic carbocycles. The largest absolute Gasteiger partial charge is 0.494 e. The third-order valence-corrected chi connectivity index (χ3v) is 8.00. The number of carbonyl (C=O) groups excluding carboxylic acids is 1. The maximum atomic E-state index is 12.9. The molecule has 0 aliphatic rings. The number of aromatic carboxylic acids is 1. The first-order valence-electron chi connectivity index (χ1n) is 17.1. The molecule has 0 saturated heterocycles. The Bertz CT molecular complexity index is 1770. The number of unbranched alkanes of at least 4 members (excludes halogenated alkanes) is 6. The van der Waals surface area contributed by atoms with Gasteiger partial charge in [0.2, 0.25) is 0 Å². The van der Waals surface area contributed by atoms with Crippen molar-refractivity contribution in [2.75, 3.05) is 13.2 Å². The van der Waals surface area contributed by atoms with Gasteiger partial charge in [0.1, 0.15) is 11.5 Å². The Hall–Kier alpha value is -5.30. The number of benzene rings is 4. The minimum absolute atomic E-state index is 0.189. The Balaban J connectivity index is 1.33. The molecule has 4 rings (SSSR count). The van der Waals surface area contributed by atoms with E-state index in [2.05, 4.69) is 30.6 Å². The maximum Gasteiger partial charge on any atom is 0.343 e. The van der Waals surface area contributed by atoms with Crippen LogP contribution in [-0.2, 0) is 6.42 Å². The lowest BCUT2D eigenvalue weighted by Crippen LogP contribution is -2.08. The third-order valence-electron chi connectivity index (χ3n) is 8.00. The second-order valence-electron chi connectivity index (χ2n) is 11.7. The SMILES string of the molecule is CCCCCOc1ccc(-c2ccc(C(=O)Oc3ccc(-c4ccc(C(=O)O)cc4CCCCC#CC#CCCCCO)cc3)cc2)cc1. The highest BCUT2D eigenvalue weighted by Crippen LogP contribution is 2.29. The van der Waals surface area contributed by atoms with E-state index in [0.717, 1.165) is 91.5 Å². The average Bonchev–Trinajstić information content (AvgIpc) is 3.13. The van der Waals surface area contributed by atoms with Crippen molar-refractivity contribution < 1.29 is 29.3 Å². The van der Waals surface area contributed by atoms with Crippen LogP contribution in [0.4, 0.5) is 0 Å². The molecule has 0 radical (unpaired) electrons. The fourth-order valence-electron chi connectivity index (χ4n) is 5.24. The highest BCUT2D eigenvalue weighted by atomic mass is 16.5. The predicted molar refractivity (Wildman–Crippen MR) is 195 cm³/mol. The zero-order chi connectivity index (χ0) is 34.7. The number of carboxylic acids is 1. The van der Waals surface area contributed by atoms with Gasteiger partial charge in [-0.15, -0.1) is 0 Å². The number of aryl methyl sites for hydroxylation is 1. The minimum atomic E-state index is -0.966. The number of carbonyl (C=O) groups is 2. The van der Waals surface area contributed by atoms with Crippen LogP contribution in [0, 0.1) is 23.7 Å². The van der Waals surface area contributed by atoms with Crippen molar-refractivity contribution in [3.05, 3.63) is 108 Å². The summed E-state index contributed by atoms with van der Waals surface area (Å²) < 4.78 is 11.5. The Labute approximate surface area is 290 Å². The van der Waals surface area contributed by atoms with Gasteiger partial charge in [-0.2, -0.15) is 0 Å². The van der Waals surface area contributed by atoms with Gasteiger partial charge in [-0.25, -0.2) is 9.59 Å². The molecule has 0 aromatic heterocycles. The van der Waals surface area contributed by atoms with Crippen molar-refractivity contribution in [1.29, 1.82) is 0 Å². The molecule has 0 fully saturated rings. The molecule has 0 atom stereocenters. The molecule has 0 aliphatic carbocycles. The molecule has 0 unspecified atom stereocenters. The summed E-state index contributed by atoms with van der Waals surface area (Å²) >= 11 is 0. The number of esters is 1. The summed E-state index contributed by atoms with van der Waals surface area (Å²) in [6.07, 6.45) is 8.87. The van der Waals surface area contributed by atoms with E-state index in [1.54, 1.807) is 36.4 Å². The molecule has 0 bridgehead atoms. The molecular weight excluding hydrogens is 612 g/mol. The lowest BCUT2D eigenvalue weighted by molar-refractivity contribution is 0.0694. The number of ether oxygens (including phenoxy) is 2. The number of aliphatic hydroxyl groups is 1. The Morgan fingerprint density at radius 2 is 1.24 bits per heavy atom. The van der Waals surface area contributed by atoms with Gasteiger partial charge >= 0.3 is 11.9 Å². The zero-order valence-corrected chi connectivity index (χ0v) is 28.2. The Morgan fingerprint density at radius 3 is 1.88 bits per heavy atom. The average molecular weight is 657 g/mol. The van der Waals surface area contributed by atoms with E-state index in [1.165, 1.54) is 0 Å². The molecule has 0 spiro atoms. The molecule has 0 saturated carbocycles. The first-order valence-corrected chi connectivity index (χ1v) is 17.1. The van der Waals surface area contributed by atoms with E-state index in [0.29, 0.717) is 24.2 Å². The van der Waals surface area contributed by atoms with Crippen molar-refractivity contribution in [2.24, 2.45) is 0 Å². The number of carboxylic acid groups (broad SMARTS) is 1. The number of hydrogen-bond donors (Lipinski definition) is 2. The van der Waals surface area contributed by atoms with Crippen molar-refractivity contribution in [2.45, 2.75) is 71.1 Å². The Kier molecular flexibility index (Phi) is 15.0. The third kappa shape index (κ3) is 12.0. The number of hydrogen-bond acceptors (Lipinski definition) is 5. The van der Waals surface area contributed by atoms with Crippen LogP contribution in [0.5, 0.6) is 11.5 Å². The van der Waals surface area contributed by atoms with E-state index < -0.39 is 11.9 Å². The molecule has 6 heteroatoms. The highest BCUT2D eigenvalue weighted by molar-refractivity contribution is 5.92. The monoisotopic (exact) mass is 656 g/mol. The van der Waals surface area contributed by atoms with Gasteiger partial charge in [0.25, 0.3) is 0 Å². The van der Waals surface area contributed by atoms with E-state index in [-0.39, 0.29) is 12.2 Å². The Morgan fingerprint density at radius 1 is 0.653 bits per heavy atom. The summed E-state index contributed by atoms with van der Waals surface area (Å²) in [6, 6.07) is 27.7. The standard InChI is InChI=1S/C43H44O6/c1-2-3-14-31-48-39-25-20-34(21-26-39)33-16-18-36(19-17-33)43(47)49-40-27-22-35(23-28-40)41-29-24-38(42(45)46)32-37(41)15-12-10-8-6-4-5-7-9-11-13-30-44/h16-29,32,44H,2-3,8-15,30-31H2,1H3,(H,45,46). The molecule has 2 N–H and O–H groups in total. The van der Waals surface area contributed by atoms with Crippen LogP contribution < -0.4 is 9.47 Å². The van der Waals surface area contributed by atoms with Gasteiger partial charge < -0.3 is 19.7 Å². The van der Waals surface area contributed by atoms with E-state index >= 15 is 0 Å². The molecule has 0 aliphatic heterocycles. The molecule has 0 amide bonds. The maximum absolute atomic E-state index is 12.9. The number of rotatable bonds is 17. The van der Waals surface area contributed by atoms with E-state index in [1.807, 2.05) is 54.6 Å². The lowest BCUT2D eigenvalue weighted by atomic mass is 9.94. The van der Waals surface area contributed by atoms with Crippen molar-refractivity contribution in [1.82, 2.24) is 0 Å². The van der Waals surface area contributed by atoms with Gasteiger partial charge in [0.15, 0.2) is 0 Å². The van der Waals surface area contributed by atoms with E-state index in [9.17, 15) is 14.7 Å². The quantitative estimate of drug-likeness (QED) is 0.0509.